The summed E-state index contributed by atoms with van der Waals surface area (Å²) in [7, 11) is 0. The van der Waals surface area contributed by atoms with Crippen molar-refractivity contribution in [2.45, 2.75) is 208 Å². The van der Waals surface area contributed by atoms with Crippen molar-refractivity contribution in [2.24, 2.45) is 29.6 Å². The van der Waals surface area contributed by atoms with E-state index < -0.39 is 160 Å². The van der Waals surface area contributed by atoms with Crippen LogP contribution >= 0.6 is 0 Å². The molecule has 0 radical (unpaired) electrons. The monoisotopic (exact) mass is 1680 g/mol. The minimum atomic E-state index is -1.53. The van der Waals surface area contributed by atoms with Gasteiger partial charge in [0.1, 0.15) is 105 Å². The molecule has 27 atom stereocenters. The molecule has 5 rings (SSSR count). The molecule has 42 heteroatoms. The molecule has 42 nitrogen and oxygen atoms in total. The number of carbonyl (C=O) groups excluding carboxylic acids is 5. The van der Waals surface area contributed by atoms with Gasteiger partial charge in [-0.25, -0.2) is 9.59 Å². The predicted molar refractivity (Wildman–Crippen MR) is 404 cm³/mol. The Morgan fingerprint density at radius 1 is 0.345 bits per heavy atom. The van der Waals surface area contributed by atoms with Crippen molar-refractivity contribution in [3.8, 4) is 0 Å². The second kappa shape index (κ2) is 61.2. The summed E-state index contributed by atoms with van der Waals surface area (Å²) in [5.41, 5.74) is 3.32. The van der Waals surface area contributed by atoms with Crippen LogP contribution in [0.2, 0.25) is 0 Å². The summed E-state index contributed by atoms with van der Waals surface area (Å²) in [5, 5.41) is 175. The van der Waals surface area contributed by atoms with Crippen LogP contribution in [0.3, 0.4) is 0 Å². The van der Waals surface area contributed by atoms with E-state index in [4.69, 9.17) is 87.1 Å². The van der Waals surface area contributed by atoms with Crippen molar-refractivity contribution in [3.05, 3.63) is 61.4 Å². The smallest absolute Gasteiger partial charge is 0.335 e. The number of aliphatic hydroxyl groups excluding tert-OH is 15. The highest BCUT2D eigenvalue weighted by Crippen LogP contribution is 2.27. The van der Waals surface area contributed by atoms with Crippen LogP contribution in [0.1, 0.15) is 73.1 Å². The summed E-state index contributed by atoms with van der Waals surface area (Å²) >= 11 is 0. The lowest BCUT2D eigenvalue weighted by Gasteiger charge is -2.39. The van der Waals surface area contributed by atoms with E-state index in [-0.39, 0.29) is 102 Å². The summed E-state index contributed by atoms with van der Waals surface area (Å²) in [6.07, 6.45) is -20.8. The first-order valence-electron chi connectivity index (χ1n) is 37.9. The summed E-state index contributed by atoms with van der Waals surface area (Å²) in [5.74, 6) is -3.27. The van der Waals surface area contributed by atoms with Crippen molar-refractivity contribution in [2.75, 3.05) is 125 Å². The van der Waals surface area contributed by atoms with Crippen molar-refractivity contribution >= 4 is 43.4 Å². The maximum Gasteiger partial charge on any atom is 0.335 e. The number of ether oxygens (including phenoxy) is 13. The molecule has 0 spiro atoms. The van der Waals surface area contributed by atoms with E-state index in [1.807, 2.05) is 6.92 Å². The van der Waals surface area contributed by atoms with E-state index in [9.17, 15) is 94.8 Å². The Balaban J connectivity index is 0.000000726. The number of aldehydes is 5. The molecule has 5 aliphatic heterocycles. The molecule has 0 bridgehead atoms. The van der Waals surface area contributed by atoms with Gasteiger partial charge in [0, 0.05) is 129 Å². The molecule has 0 aliphatic carbocycles. The number of nitrogens with one attached hydrogen (secondary N) is 5. The SMILES string of the molecule is C=C(CCOCCOC1C[C@@H](O)C(O)C(C(=O)O)O1)NC[C@H](C)C=O.C=C(CCOCCOC1C[C@@H](O)C(O)C(CO)O1)NC[C@H](C)C=O.C=C(CCOCCOC1OC(CO)C(O)[C@H](O)[C@H]1O)NC[C@H](C)C=O.C=C(COC1C[C@@H](O)C(O)C(C(=O)O)O1)NC[C@H](C)C=O.C=C(COC1OC(CO)C(O)[C@H](O)[C@H]1O)NC[C@H](C)C=O. The molecular formula is C74H129N5O37. The summed E-state index contributed by atoms with van der Waals surface area (Å²) in [6, 6.07) is 0. The Kier molecular flexibility index (Phi) is 56.9. The Morgan fingerprint density at radius 2 is 0.621 bits per heavy atom. The molecule has 0 aromatic rings. The largest absolute Gasteiger partial charge is 0.479 e. The van der Waals surface area contributed by atoms with E-state index in [2.05, 4.69) is 59.5 Å². The molecule has 5 saturated heterocycles. The van der Waals surface area contributed by atoms with Gasteiger partial charge in [-0.05, 0) is 0 Å². The second-order valence-corrected chi connectivity index (χ2v) is 28.0. The first-order valence-corrected chi connectivity index (χ1v) is 37.9. The lowest BCUT2D eigenvalue weighted by molar-refractivity contribution is -0.302. The highest BCUT2D eigenvalue weighted by atomic mass is 16.7. The van der Waals surface area contributed by atoms with Crippen LogP contribution in [-0.4, -0.2) is 391 Å². The molecule has 5 aliphatic rings. The zero-order chi connectivity index (χ0) is 87.6. The van der Waals surface area contributed by atoms with Gasteiger partial charge in [-0.15, -0.1) is 0 Å². The van der Waals surface area contributed by atoms with Crippen molar-refractivity contribution < 1.29 is 182 Å². The van der Waals surface area contributed by atoms with Crippen LogP contribution in [-0.2, 0) is 95.1 Å². The highest BCUT2D eigenvalue weighted by Gasteiger charge is 2.47. The topological polar surface area (TPSA) is 644 Å². The van der Waals surface area contributed by atoms with Gasteiger partial charge in [0.2, 0.25) is 0 Å². The number of carbonyl (C=O) groups is 7. The van der Waals surface area contributed by atoms with E-state index in [0.29, 0.717) is 89.8 Å². The molecular weight excluding hydrogens is 1550 g/mol. The Morgan fingerprint density at radius 3 is 0.940 bits per heavy atom. The van der Waals surface area contributed by atoms with Gasteiger partial charge >= 0.3 is 11.9 Å². The fourth-order valence-electron chi connectivity index (χ4n) is 9.99. The molecule has 0 saturated carbocycles. The third kappa shape index (κ3) is 43.7. The number of hydrogen-bond donors (Lipinski definition) is 22. The maximum atomic E-state index is 10.9. The zero-order valence-corrected chi connectivity index (χ0v) is 66.5. The molecule has 22 N–H and O–H groups in total. The molecule has 0 amide bonds. The fourth-order valence-corrected chi connectivity index (χ4v) is 9.99. The third-order valence-electron chi connectivity index (χ3n) is 17.4. The standard InChI is InChI=1S/C16H27NO8.C16H29NO8.C16H29NO7.C13H21NO7.C13H23NO7/c1-10(9-18)8-17-11(2)3-4-23-5-6-24-13-7-12(19)14(20)15(25-13)16(21)22;1-10(8-18)7-17-11(2)3-4-23-5-6-24-16-15(22)14(21)13(20)12(9-19)25-16;1-11(9-18)8-17-12(2)3-4-22-5-6-23-15-7-13(20)16(21)14(10-19)24-15;1-7(5-15)4-14-8(2)6-20-10-3-9(16)11(17)12(21-10)13(18)19;1-7(4-15)3-14-8(2)6-20-13-12(19)11(18)10(17)9(5-16)21-13/h9-10,12-15,17,19-20H,2-8H2,1H3,(H,21,22);8,10,12-17,19-22H,2-7,9H2,1H3;9,11,13-17,19-21H,2-8,10H2,1H3;5,7,9-12,14,16-17H,2-4,6H2,1H3,(H,18,19);4,7,9-14,16-19H,2-3,5-6H2,1H3/t10-,12+,13?,14?,15?;10-,12?,13?,14-,15+,16?;11-,13+,14?,15?,16?;7-,9+,10?,11?,12?;7-,9?,10?,11-,12+,13?/m00000/s1. The van der Waals surface area contributed by atoms with Crippen LogP contribution in [0.5, 0.6) is 0 Å². The number of aliphatic carboxylic acids is 2. The average Bonchev–Trinajstić information content (AvgIpc) is 0.832. The fraction of sp³-hybridized carbons (Fsp3) is 0.770. The van der Waals surface area contributed by atoms with Crippen molar-refractivity contribution in [3.63, 3.8) is 0 Å². The predicted octanol–water partition coefficient (Wildman–Crippen LogP) is -6.80. The molecule has 0 aromatic heterocycles. The Labute approximate surface area is 674 Å². The third-order valence-corrected chi connectivity index (χ3v) is 17.4. The highest BCUT2D eigenvalue weighted by molar-refractivity contribution is 5.73. The lowest BCUT2D eigenvalue weighted by Crippen LogP contribution is -2.59. The minimum absolute atomic E-state index is 0.0133. The van der Waals surface area contributed by atoms with Crippen LogP contribution in [0.25, 0.3) is 0 Å². The summed E-state index contributed by atoms with van der Waals surface area (Å²) in [4.78, 5) is 74.3. The van der Waals surface area contributed by atoms with Gasteiger partial charge < -0.3 is 199 Å². The molecule has 116 heavy (non-hydrogen) atoms. The van der Waals surface area contributed by atoms with Gasteiger partial charge in [-0.3, -0.25) is 0 Å². The van der Waals surface area contributed by atoms with E-state index >= 15 is 0 Å². The first-order chi connectivity index (χ1) is 55.0. The van der Waals surface area contributed by atoms with Gasteiger partial charge in [-0.1, -0.05) is 67.5 Å². The average molecular weight is 1680 g/mol. The van der Waals surface area contributed by atoms with E-state index in [1.54, 1.807) is 27.7 Å². The zero-order valence-electron chi connectivity index (χ0n) is 66.5. The normalized spacial score (nSPS) is 30.1. The molecule has 5 heterocycles. The lowest BCUT2D eigenvalue weighted by atomic mass is 9.99. The quantitative estimate of drug-likeness (QED) is 0.0199. The molecule has 5 fully saturated rings. The molecule has 15 unspecified atom stereocenters. The minimum Gasteiger partial charge on any atom is -0.479 e. The maximum absolute atomic E-state index is 10.9. The molecule has 0 aromatic carbocycles. The van der Waals surface area contributed by atoms with E-state index in [0.717, 1.165) is 48.5 Å². The first kappa shape index (κ1) is 108. The van der Waals surface area contributed by atoms with Crippen LogP contribution in [0.15, 0.2) is 61.4 Å². The number of hydrogen-bond acceptors (Lipinski definition) is 40. The van der Waals surface area contributed by atoms with Crippen LogP contribution in [0.4, 0.5) is 0 Å². The number of rotatable bonds is 52. The Bertz CT molecular complexity index is 2800. The summed E-state index contributed by atoms with van der Waals surface area (Å²) in [6.45, 7) is 31.5. The van der Waals surface area contributed by atoms with E-state index in [1.165, 1.54) is 0 Å². The van der Waals surface area contributed by atoms with Crippen LogP contribution in [0, 0.1) is 29.6 Å². The second-order valence-electron chi connectivity index (χ2n) is 28.0. The molecule has 672 valence electrons. The van der Waals surface area contributed by atoms with Gasteiger partial charge in [0.25, 0.3) is 0 Å². The van der Waals surface area contributed by atoms with Crippen molar-refractivity contribution in [1.82, 2.24) is 26.6 Å². The van der Waals surface area contributed by atoms with Gasteiger partial charge in [0.15, 0.2) is 43.7 Å². The van der Waals surface area contributed by atoms with Crippen LogP contribution < -0.4 is 26.6 Å². The number of carboxylic acids is 2. The summed E-state index contributed by atoms with van der Waals surface area (Å²) < 4.78 is 68.7. The number of aliphatic hydroxyl groups is 15. The van der Waals surface area contributed by atoms with Gasteiger partial charge in [0.05, 0.1) is 111 Å². The van der Waals surface area contributed by atoms with Crippen molar-refractivity contribution in [1.29, 1.82) is 0 Å². The number of carboxylic acid groups (broad SMARTS) is 2. The van der Waals surface area contributed by atoms with Gasteiger partial charge in [-0.2, -0.15) is 0 Å². The Hall–Kier alpha value is -6.13.